The van der Waals surface area contributed by atoms with E-state index in [0.717, 1.165) is 32.4 Å². The van der Waals surface area contributed by atoms with Crippen LogP contribution in [0.4, 0.5) is 5.69 Å². The molecule has 2 rings (SSSR count). The molecule has 5 heteroatoms. The van der Waals surface area contributed by atoms with Crippen molar-refractivity contribution in [1.29, 1.82) is 0 Å². The summed E-state index contributed by atoms with van der Waals surface area (Å²) in [6, 6.07) is 6.92. The summed E-state index contributed by atoms with van der Waals surface area (Å²) in [5.41, 5.74) is -0.480. The third kappa shape index (κ3) is 3.76. The van der Waals surface area contributed by atoms with Crippen LogP contribution >= 0.6 is 11.6 Å². The molecule has 0 atom stereocenters. The Morgan fingerprint density at radius 1 is 1.19 bits per heavy atom. The molecule has 0 spiro atoms. The molecule has 2 amide bonds. The van der Waals surface area contributed by atoms with Crippen LogP contribution in [0.25, 0.3) is 0 Å². The first kappa shape index (κ1) is 15.8. The Labute approximate surface area is 130 Å². The molecule has 1 aliphatic rings. The van der Waals surface area contributed by atoms with Gasteiger partial charge in [-0.25, -0.2) is 0 Å². The molecular weight excluding hydrogens is 288 g/mol. The number of hydrogen-bond donors (Lipinski definition) is 1. The van der Waals surface area contributed by atoms with Gasteiger partial charge in [-0.15, -0.1) is 0 Å². The predicted octanol–water partition coefficient (Wildman–Crippen LogP) is 3.32. The summed E-state index contributed by atoms with van der Waals surface area (Å²) >= 11 is 5.90. The second kappa shape index (κ2) is 6.48. The number of amides is 2. The summed E-state index contributed by atoms with van der Waals surface area (Å²) in [5, 5.41) is 3.32. The first-order valence-corrected chi connectivity index (χ1v) is 7.65. The van der Waals surface area contributed by atoms with Crippen molar-refractivity contribution in [1.82, 2.24) is 4.90 Å². The zero-order valence-electron chi connectivity index (χ0n) is 12.5. The van der Waals surface area contributed by atoms with Gasteiger partial charge in [0.25, 0.3) is 0 Å². The van der Waals surface area contributed by atoms with E-state index in [2.05, 4.69) is 5.32 Å². The largest absolute Gasteiger partial charge is 0.342 e. The van der Waals surface area contributed by atoms with Gasteiger partial charge >= 0.3 is 0 Å². The van der Waals surface area contributed by atoms with Gasteiger partial charge in [0.1, 0.15) is 5.41 Å². The minimum atomic E-state index is -1.08. The molecule has 1 aromatic carbocycles. The van der Waals surface area contributed by atoms with E-state index in [1.807, 2.05) is 0 Å². The fraction of sp³-hybridized carbons (Fsp3) is 0.500. The number of likely N-dealkylation sites (tertiary alicyclic amines) is 1. The highest BCUT2D eigenvalue weighted by Gasteiger charge is 2.39. The summed E-state index contributed by atoms with van der Waals surface area (Å²) in [4.78, 5) is 26.8. The Morgan fingerprint density at radius 2 is 1.86 bits per heavy atom. The van der Waals surface area contributed by atoms with Gasteiger partial charge in [0.2, 0.25) is 11.8 Å². The van der Waals surface area contributed by atoms with Crippen molar-refractivity contribution in [2.24, 2.45) is 5.41 Å². The molecule has 1 heterocycles. The van der Waals surface area contributed by atoms with E-state index in [1.54, 1.807) is 43.0 Å². The first-order valence-electron chi connectivity index (χ1n) is 7.27. The normalized spacial score (nSPS) is 15.7. The van der Waals surface area contributed by atoms with Crippen LogP contribution in [-0.2, 0) is 9.59 Å². The summed E-state index contributed by atoms with van der Waals surface area (Å²) in [7, 11) is 0. The molecule has 1 N–H and O–H groups in total. The van der Waals surface area contributed by atoms with Crippen LogP contribution in [0.5, 0.6) is 0 Å². The second-order valence-corrected chi connectivity index (χ2v) is 6.38. The maximum atomic E-state index is 12.6. The Morgan fingerprint density at radius 3 is 2.48 bits per heavy atom. The maximum absolute atomic E-state index is 12.6. The standard InChI is InChI=1S/C16H21ClN2O2/c1-16(2,15(21)19-9-4-3-5-10-19)14(20)18-13-8-6-7-12(17)11-13/h6-8,11H,3-5,9-10H2,1-2H3,(H,18,20). The maximum Gasteiger partial charge on any atom is 0.239 e. The lowest BCUT2D eigenvalue weighted by molar-refractivity contribution is -0.147. The summed E-state index contributed by atoms with van der Waals surface area (Å²) in [6.45, 7) is 4.83. The number of nitrogens with one attached hydrogen (secondary N) is 1. The van der Waals surface area contributed by atoms with Crippen LogP contribution in [-0.4, -0.2) is 29.8 Å². The molecule has 21 heavy (non-hydrogen) atoms. The Bertz CT molecular complexity index is 537. The number of anilines is 1. The molecule has 1 fully saturated rings. The topological polar surface area (TPSA) is 49.4 Å². The smallest absolute Gasteiger partial charge is 0.239 e. The van der Waals surface area contributed by atoms with Crippen molar-refractivity contribution in [3.05, 3.63) is 29.3 Å². The number of halogens is 1. The van der Waals surface area contributed by atoms with Crippen molar-refractivity contribution in [3.8, 4) is 0 Å². The van der Waals surface area contributed by atoms with Gasteiger partial charge in [-0.2, -0.15) is 0 Å². The molecule has 4 nitrogen and oxygen atoms in total. The molecule has 0 aliphatic carbocycles. The monoisotopic (exact) mass is 308 g/mol. The number of hydrogen-bond acceptors (Lipinski definition) is 2. The van der Waals surface area contributed by atoms with Crippen LogP contribution in [0.1, 0.15) is 33.1 Å². The van der Waals surface area contributed by atoms with E-state index < -0.39 is 5.41 Å². The van der Waals surface area contributed by atoms with Crippen LogP contribution in [0.15, 0.2) is 24.3 Å². The molecule has 0 unspecified atom stereocenters. The molecule has 0 radical (unpaired) electrons. The number of benzene rings is 1. The van der Waals surface area contributed by atoms with Gasteiger partial charge in [0.05, 0.1) is 0 Å². The van der Waals surface area contributed by atoms with Gasteiger partial charge in [0, 0.05) is 23.8 Å². The second-order valence-electron chi connectivity index (χ2n) is 5.94. The van der Waals surface area contributed by atoms with E-state index in [9.17, 15) is 9.59 Å². The molecule has 1 aliphatic heterocycles. The van der Waals surface area contributed by atoms with Crippen LogP contribution in [0.2, 0.25) is 5.02 Å². The average molecular weight is 309 g/mol. The summed E-state index contributed by atoms with van der Waals surface area (Å²) in [5.74, 6) is -0.415. The van der Waals surface area contributed by atoms with Crippen molar-refractivity contribution in [2.75, 3.05) is 18.4 Å². The quantitative estimate of drug-likeness (QED) is 0.871. The molecule has 0 bridgehead atoms. The minimum absolute atomic E-state index is 0.110. The third-order valence-electron chi connectivity index (χ3n) is 3.83. The van der Waals surface area contributed by atoms with Gasteiger partial charge in [-0.1, -0.05) is 17.7 Å². The van der Waals surface area contributed by atoms with Crippen molar-refractivity contribution >= 4 is 29.1 Å². The van der Waals surface area contributed by atoms with E-state index in [4.69, 9.17) is 11.6 Å². The van der Waals surface area contributed by atoms with E-state index in [1.165, 1.54) is 0 Å². The van der Waals surface area contributed by atoms with Gasteiger partial charge < -0.3 is 10.2 Å². The van der Waals surface area contributed by atoms with Crippen LogP contribution in [0.3, 0.4) is 0 Å². The Balaban J connectivity index is 2.06. The first-order chi connectivity index (χ1) is 9.91. The lowest BCUT2D eigenvalue weighted by atomic mass is 9.89. The number of carbonyl (C=O) groups is 2. The van der Waals surface area contributed by atoms with Crippen molar-refractivity contribution in [3.63, 3.8) is 0 Å². The minimum Gasteiger partial charge on any atom is -0.342 e. The van der Waals surface area contributed by atoms with Gasteiger partial charge in [0.15, 0.2) is 0 Å². The van der Waals surface area contributed by atoms with Gasteiger partial charge in [-0.05, 0) is 51.3 Å². The Kier molecular flexibility index (Phi) is 4.88. The molecule has 114 valence electrons. The highest BCUT2D eigenvalue weighted by atomic mass is 35.5. The number of carbonyl (C=O) groups excluding carboxylic acids is 2. The average Bonchev–Trinajstić information content (AvgIpc) is 2.47. The molecule has 0 saturated carbocycles. The summed E-state index contributed by atoms with van der Waals surface area (Å²) in [6.07, 6.45) is 3.17. The SMILES string of the molecule is CC(C)(C(=O)Nc1cccc(Cl)c1)C(=O)N1CCCCC1. The lowest BCUT2D eigenvalue weighted by Crippen LogP contribution is -2.48. The number of rotatable bonds is 3. The van der Waals surface area contributed by atoms with Gasteiger partial charge in [-0.3, -0.25) is 9.59 Å². The third-order valence-corrected chi connectivity index (χ3v) is 4.06. The summed E-state index contributed by atoms with van der Waals surface area (Å²) < 4.78 is 0. The molecule has 1 saturated heterocycles. The zero-order chi connectivity index (χ0) is 15.5. The number of piperidine rings is 1. The zero-order valence-corrected chi connectivity index (χ0v) is 13.2. The molecule has 1 aromatic rings. The fourth-order valence-corrected chi connectivity index (χ4v) is 2.63. The van der Waals surface area contributed by atoms with Crippen LogP contribution in [0, 0.1) is 5.41 Å². The lowest BCUT2D eigenvalue weighted by Gasteiger charge is -2.33. The number of nitrogens with zero attached hydrogens (tertiary/aromatic N) is 1. The van der Waals surface area contributed by atoms with Crippen LogP contribution < -0.4 is 5.32 Å². The predicted molar refractivity (Wildman–Crippen MR) is 84.3 cm³/mol. The highest BCUT2D eigenvalue weighted by molar-refractivity contribution is 6.31. The van der Waals surface area contributed by atoms with E-state index in [0.29, 0.717) is 10.7 Å². The van der Waals surface area contributed by atoms with E-state index in [-0.39, 0.29) is 11.8 Å². The fourth-order valence-electron chi connectivity index (χ4n) is 2.44. The Hall–Kier alpha value is -1.55. The molecule has 0 aromatic heterocycles. The van der Waals surface area contributed by atoms with Crippen molar-refractivity contribution in [2.45, 2.75) is 33.1 Å². The molecular formula is C16H21ClN2O2. The van der Waals surface area contributed by atoms with E-state index >= 15 is 0 Å². The van der Waals surface area contributed by atoms with Crippen molar-refractivity contribution < 1.29 is 9.59 Å². The highest BCUT2D eigenvalue weighted by Crippen LogP contribution is 2.25.